The van der Waals surface area contributed by atoms with Crippen LogP contribution in [0.3, 0.4) is 0 Å². The molecule has 8 heteroatoms. The Balaban J connectivity index is 1.77. The summed E-state index contributed by atoms with van der Waals surface area (Å²) in [7, 11) is 0. The number of unbranched alkanes of at least 4 members (excludes halogenated alkanes) is 1. The molecule has 1 N–H and O–H groups in total. The molecule has 1 aromatic heterocycles. The topological polar surface area (TPSA) is 86.1 Å². The van der Waals surface area contributed by atoms with Crippen molar-refractivity contribution >= 4 is 57.3 Å². The summed E-state index contributed by atoms with van der Waals surface area (Å²) in [4.78, 5) is 30.7. The molecule has 0 spiro atoms. The lowest BCUT2D eigenvalue weighted by Gasteiger charge is -2.18. The quantitative estimate of drug-likeness (QED) is 0.301. The second-order valence-electron chi connectivity index (χ2n) is 7.31. The summed E-state index contributed by atoms with van der Waals surface area (Å²) in [5.74, 6) is -0.755. The Kier molecular flexibility index (Phi) is 8.36. The van der Waals surface area contributed by atoms with Gasteiger partial charge >= 0.3 is 0 Å². The summed E-state index contributed by atoms with van der Waals surface area (Å²) in [5, 5.41) is 14.8. The minimum absolute atomic E-state index is 0.0842. The van der Waals surface area contributed by atoms with Crippen LogP contribution in [0.4, 0.5) is 16.5 Å². The van der Waals surface area contributed by atoms with Crippen molar-refractivity contribution in [1.29, 1.82) is 5.26 Å². The molecule has 2 aromatic carbocycles. The number of nitrogens with zero attached hydrogens (tertiary/aromatic N) is 3. The maximum Gasteiger partial charge on any atom is 0.266 e. The van der Waals surface area contributed by atoms with Crippen molar-refractivity contribution in [3.63, 3.8) is 0 Å². The minimum atomic E-state index is -0.522. The molecule has 0 radical (unpaired) electrons. The molecule has 0 saturated carbocycles. The van der Waals surface area contributed by atoms with Crippen LogP contribution in [-0.2, 0) is 16.0 Å². The van der Waals surface area contributed by atoms with E-state index in [-0.39, 0.29) is 11.5 Å². The fourth-order valence-electron chi connectivity index (χ4n) is 3.12. The first-order chi connectivity index (χ1) is 15.9. The summed E-state index contributed by atoms with van der Waals surface area (Å²) >= 11 is 7.29. The highest BCUT2D eigenvalue weighted by Gasteiger charge is 2.18. The number of thiazole rings is 1. The zero-order chi connectivity index (χ0) is 23.8. The number of nitriles is 1. The molecule has 2 amide bonds. The van der Waals surface area contributed by atoms with Gasteiger partial charge in [0.05, 0.1) is 11.4 Å². The van der Waals surface area contributed by atoms with Crippen LogP contribution in [0.15, 0.2) is 59.5 Å². The van der Waals surface area contributed by atoms with E-state index in [2.05, 4.69) is 17.2 Å². The fourth-order valence-corrected chi connectivity index (χ4v) is 4.15. The Bertz CT molecular complexity index is 1210. The van der Waals surface area contributed by atoms with Gasteiger partial charge in [-0.05, 0) is 54.8 Å². The smallest absolute Gasteiger partial charge is 0.266 e. The first-order valence-electron chi connectivity index (χ1n) is 10.4. The van der Waals surface area contributed by atoms with Gasteiger partial charge in [-0.1, -0.05) is 43.1 Å². The summed E-state index contributed by atoms with van der Waals surface area (Å²) < 4.78 is 0. The van der Waals surface area contributed by atoms with E-state index in [1.807, 2.05) is 30.3 Å². The molecule has 0 atom stereocenters. The molecule has 168 valence electrons. The number of carbonyl (C=O) groups excluding carboxylic acids is 2. The molecule has 0 aliphatic rings. The molecular weight excluding hydrogens is 456 g/mol. The van der Waals surface area contributed by atoms with E-state index in [0.717, 1.165) is 19.3 Å². The number of aromatic nitrogens is 1. The van der Waals surface area contributed by atoms with Crippen LogP contribution < -0.4 is 10.2 Å². The number of halogens is 1. The van der Waals surface area contributed by atoms with Crippen LogP contribution in [0.2, 0.25) is 5.02 Å². The van der Waals surface area contributed by atoms with Gasteiger partial charge < -0.3 is 5.32 Å². The highest BCUT2D eigenvalue weighted by atomic mass is 35.5. The average Bonchev–Trinajstić information content (AvgIpc) is 3.24. The third kappa shape index (κ3) is 6.51. The van der Waals surface area contributed by atoms with Gasteiger partial charge in [-0.25, -0.2) is 4.98 Å². The first-order valence-corrected chi connectivity index (χ1v) is 11.7. The first kappa shape index (κ1) is 24.2. The van der Waals surface area contributed by atoms with Gasteiger partial charge in [0.15, 0.2) is 5.13 Å². The molecule has 3 rings (SSSR count). The number of rotatable bonds is 8. The number of aryl methyl sites for hydroxylation is 1. The van der Waals surface area contributed by atoms with Crippen molar-refractivity contribution in [2.24, 2.45) is 0 Å². The van der Waals surface area contributed by atoms with Crippen LogP contribution in [0, 0.1) is 11.3 Å². The van der Waals surface area contributed by atoms with E-state index < -0.39 is 5.91 Å². The maximum absolute atomic E-state index is 12.6. The van der Waals surface area contributed by atoms with E-state index in [9.17, 15) is 14.9 Å². The Hall–Kier alpha value is -3.47. The Morgan fingerprint density at radius 3 is 2.64 bits per heavy atom. The van der Waals surface area contributed by atoms with Crippen LogP contribution in [0.25, 0.3) is 6.08 Å². The number of nitrogens with one attached hydrogen (secondary N) is 1. The lowest BCUT2D eigenvalue weighted by molar-refractivity contribution is -0.116. The third-order valence-corrected chi connectivity index (χ3v) is 5.85. The summed E-state index contributed by atoms with van der Waals surface area (Å²) in [5.41, 5.74) is 2.73. The monoisotopic (exact) mass is 478 g/mol. The second-order valence-corrected chi connectivity index (χ2v) is 8.59. The zero-order valence-electron chi connectivity index (χ0n) is 18.3. The van der Waals surface area contributed by atoms with Crippen molar-refractivity contribution in [2.75, 3.05) is 10.2 Å². The minimum Gasteiger partial charge on any atom is -0.321 e. The molecule has 3 aromatic rings. The standard InChI is InChI=1S/C25H23ClN4O2S/c1-3-4-6-18-9-11-21(12-10-18)28-24(32)19(15-27)13-22-16-33-25(29-22)30(17(2)31)23-8-5-7-20(26)14-23/h5,7-14,16H,3-4,6H2,1-2H3,(H,28,32)/b19-13+. The van der Waals surface area contributed by atoms with Crippen LogP contribution in [0.5, 0.6) is 0 Å². The van der Waals surface area contributed by atoms with Crippen LogP contribution >= 0.6 is 22.9 Å². The molecule has 0 aliphatic carbocycles. The Labute approximate surface area is 202 Å². The number of anilines is 3. The predicted octanol–water partition coefficient (Wildman–Crippen LogP) is 6.37. The normalized spacial score (nSPS) is 11.0. The van der Waals surface area contributed by atoms with Crippen molar-refractivity contribution in [1.82, 2.24) is 4.98 Å². The average molecular weight is 479 g/mol. The summed E-state index contributed by atoms with van der Waals surface area (Å²) in [6.07, 6.45) is 4.63. The van der Waals surface area contributed by atoms with Gasteiger partial charge in [-0.2, -0.15) is 5.26 Å². The van der Waals surface area contributed by atoms with Gasteiger partial charge in [-0.15, -0.1) is 11.3 Å². The van der Waals surface area contributed by atoms with E-state index in [4.69, 9.17) is 11.6 Å². The molecule has 0 unspecified atom stereocenters. The molecule has 0 saturated heterocycles. The Morgan fingerprint density at radius 1 is 1.24 bits per heavy atom. The van der Waals surface area contributed by atoms with Gasteiger partial charge in [0.1, 0.15) is 11.6 Å². The maximum atomic E-state index is 12.6. The number of benzene rings is 2. The van der Waals surface area contributed by atoms with E-state index >= 15 is 0 Å². The highest BCUT2D eigenvalue weighted by Crippen LogP contribution is 2.31. The lowest BCUT2D eigenvalue weighted by atomic mass is 10.1. The number of hydrogen-bond donors (Lipinski definition) is 1. The summed E-state index contributed by atoms with van der Waals surface area (Å²) in [6, 6.07) is 16.4. The lowest BCUT2D eigenvalue weighted by Crippen LogP contribution is -2.22. The molecule has 0 bridgehead atoms. The SMILES string of the molecule is CCCCc1ccc(NC(=O)/C(C#N)=C/c2csc(N(C(C)=O)c3cccc(Cl)c3)n2)cc1. The van der Waals surface area contributed by atoms with Crippen molar-refractivity contribution in [3.8, 4) is 6.07 Å². The van der Waals surface area contributed by atoms with Gasteiger partial charge in [0.25, 0.3) is 5.91 Å². The molecule has 33 heavy (non-hydrogen) atoms. The third-order valence-electron chi connectivity index (χ3n) is 4.77. The van der Waals surface area contributed by atoms with Crippen molar-refractivity contribution in [2.45, 2.75) is 33.1 Å². The van der Waals surface area contributed by atoms with E-state index in [0.29, 0.717) is 27.2 Å². The van der Waals surface area contributed by atoms with Crippen LogP contribution in [0.1, 0.15) is 37.9 Å². The fraction of sp³-hybridized carbons (Fsp3) is 0.200. The van der Waals surface area contributed by atoms with E-state index in [1.165, 1.54) is 34.8 Å². The molecule has 0 fully saturated rings. The Morgan fingerprint density at radius 2 is 2.00 bits per heavy atom. The predicted molar refractivity (Wildman–Crippen MR) is 134 cm³/mol. The van der Waals surface area contributed by atoms with Gasteiger partial charge in [0.2, 0.25) is 5.91 Å². The summed E-state index contributed by atoms with van der Waals surface area (Å²) in [6.45, 7) is 3.57. The number of carbonyl (C=O) groups is 2. The molecule has 6 nitrogen and oxygen atoms in total. The second kappa shape index (κ2) is 11.4. The van der Waals surface area contributed by atoms with Gasteiger partial charge in [-0.3, -0.25) is 14.5 Å². The number of amides is 2. The van der Waals surface area contributed by atoms with Crippen LogP contribution in [-0.4, -0.2) is 16.8 Å². The van der Waals surface area contributed by atoms with Crippen molar-refractivity contribution < 1.29 is 9.59 Å². The molecular formula is C25H23ClN4O2S. The van der Waals surface area contributed by atoms with Gasteiger partial charge in [0, 0.05) is 23.0 Å². The zero-order valence-corrected chi connectivity index (χ0v) is 19.9. The molecule has 0 aliphatic heterocycles. The highest BCUT2D eigenvalue weighted by molar-refractivity contribution is 7.14. The van der Waals surface area contributed by atoms with Crippen molar-refractivity contribution in [3.05, 3.63) is 75.8 Å². The largest absolute Gasteiger partial charge is 0.321 e. The van der Waals surface area contributed by atoms with E-state index in [1.54, 1.807) is 29.6 Å². The molecule has 1 heterocycles. The number of hydrogen-bond acceptors (Lipinski definition) is 5.